The Bertz CT molecular complexity index is 709. The van der Waals surface area contributed by atoms with Crippen LogP contribution in [-0.2, 0) is 6.54 Å². The summed E-state index contributed by atoms with van der Waals surface area (Å²) < 4.78 is 15.9. The molecule has 0 aromatic heterocycles. The van der Waals surface area contributed by atoms with Crippen molar-refractivity contribution in [1.29, 1.82) is 0 Å². The molecule has 0 bridgehead atoms. The molecule has 6 nitrogen and oxygen atoms in total. The predicted octanol–water partition coefficient (Wildman–Crippen LogP) is 3.24. The van der Waals surface area contributed by atoms with Crippen LogP contribution in [0.2, 0.25) is 5.02 Å². The van der Waals surface area contributed by atoms with Crippen LogP contribution in [-0.4, -0.2) is 33.4 Å². The van der Waals surface area contributed by atoms with E-state index in [-0.39, 0.29) is 6.03 Å². The van der Waals surface area contributed by atoms with E-state index < -0.39 is 0 Å². The summed E-state index contributed by atoms with van der Waals surface area (Å²) in [6, 6.07) is 12.3. The van der Waals surface area contributed by atoms with Crippen molar-refractivity contribution >= 4 is 17.6 Å². The Labute approximate surface area is 152 Å². The number of hydrogen-bond donors (Lipinski definition) is 2. The van der Waals surface area contributed by atoms with Crippen molar-refractivity contribution < 1.29 is 19.0 Å². The number of urea groups is 1. The van der Waals surface area contributed by atoms with Gasteiger partial charge in [0.25, 0.3) is 0 Å². The molecule has 2 aromatic rings. The van der Waals surface area contributed by atoms with E-state index in [2.05, 4.69) is 10.6 Å². The quantitative estimate of drug-likeness (QED) is 0.705. The van der Waals surface area contributed by atoms with E-state index in [1.807, 2.05) is 18.2 Å². The molecular formula is C18H21ClN2O4. The summed E-state index contributed by atoms with van der Waals surface area (Å²) in [6.45, 7) is 1.11. The highest BCUT2D eigenvalue weighted by molar-refractivity contribution is 6.30. The Hall–Kier alpha value is -2.60. The normalized spacial score (nSPS) is 10.0. The van der Waals surface area contributed by atoms with Crippen molar-refractivity contribution in [1.82, 2.24) is 10.6 Å². The van der Waals surface area contributed by atoms with Crippen LogP contribution in [0.4, 0.5) is 4.79 Å². The first-order valence-electron chi connectivity index (χ1n) is 7.73. The van der Waals surface area contributed by atoms with Crippen LogP contribution < -0.4 is 24.8 Å². The topological polar surface area (TPSA) is 68.8 Å². The lowest BCUT2D eigenvalue weighted by atomic mass is 10.2. The van der Waals surface area contributed by atoms with Gasteiger partial charge in [-0.05, 0) is 35.9 Å². The summed E-state index contributed by atoms with van der Waals surface area (Å²) in [7, 11) is 3.15. The molecule has 0 radical (unpaired) electrons. The van der Waals surface area contributed by atoms with Crippen molar-refractivity contribution in [3.05, 3.63) is 53.1 Å². The largest absolute Gasteiger partial charge is 0.493 e. The lowest BCUT2D eigenvalue weighted by Gasteiger charge is -2.11. The Morgan fingerprint density at radius 3 is 2.56 bits per heavy atom. The summed E-state index contributed by atoms with van der Waals surface area (Å²) >= 11 is 5.87. The highest BCUT2D eigenvalue weighted by atomic mass is 35.5. The Morgan fingerprint density at radius 1 is 1.04 bits per heavy atom. The van der Waals surface area contributed by atoms with E-state index in [4.69, 9.17) is 25.8 Å². The van der Waals surface area contributed by atoms with Crippen LogP contribution in [0.5, 0.6) is 17.2 Å². The number of rotatable bonds is 8. The maximum atomic E-state index is 11.8. The van der Waals surface area contributed by atoms with Crippen molar-refractivity contribution in [2.75, 3.05) is 27.4 Å². The molecule has 134 valence electrons. The molecule has 0 heterocycles. The Balaban J connectivity index is 1.70. The zero-order chi connectivity index (χ0) is 18.1. The molecule has 0 fully saturated rings. The van der Waals surface area contributed by atoms with E-state index in [0.717, 1.165) is 5.56 Å². The standard InChI is InChI=1S/C18H21ClN2O4/c1-23-16-7-6-13(10-17(16)24-2)12-21-18(22)20-8-9-25-15-5-3-4-14(19)11-15/h3-7,10-11H,8-9,12H2,1-2H3,(H2,20,21,22). The van der Waals surface area contributed by atoms with Gasteiger partial charge in [0.1, 0.15) is 12.4 Å². The number of amides is 2. The fourth-order valence-corrected chi connectivity index (χ4v) is 2.31. The molecule has 2 amide bonds. The number of nitrogens with one attached hydrogen (secondary N) is 2. The number of benzene rings is 2. The van der Waals surface area contributed by atoms with Crippen LogP contribution in [0, 0.1) is 0 Å². The minimum absolute atomic E-state index is 0.274. The second kappa shape index (κ2) is 9.64. The van der Waals surface area contributed by atoms with E-state index in [0.29, 0.717) is 42.0 Å². The van der Waals surface area contributed by atoms with Gasteiger partial charge in [-0.1, -0.05) is 23.7 Å². The molecule has 2 rings (SSSR count). The van der Waals surface area contributed by atoms with Crippen molar-refractivity contribution in [2.24, 2.45) is 0 Å². The van der Waals surface area contributed by atoms with Gasteiger partial charge in [-0.2, -0.15) is 0 Å². The van der Waals surface area contributed by atoms with Crippen molar-refractivity contribution in [2.45, 2.75) is 6.54 Å². The van der Waals surface area contributed by atoms with E-state index in [9.17, 15) is 4.79 Å². The highest BCUT2D eigenvalue weighted by Crippen LogP contribution is 2.27. The molecule has 7 heteroatoms. The molecule has 0 aliphatic carbocycles. The molecule has 25 heavy (non-hydrogen) atoms. The van der Waals surface area contributed by atoms with Crippen LogP contribution in [0.3, 0.4) is 0 Å². The molecule has 0 saturated heterocycles. The SMILES string of the molecule is COc1ccc(CNC(=O)NCCOc2cccc(Cl)c2)cc1OC. The first-order chi connectivity index (χ1) is 12.1. The highest BCUT2D eigenvalue weighted by Gasteiger charge is 2.06. The molecule has 0 atom stereocenters. The average molecular weight is 365 g/mol. The molecule has 0 aliphatic rings. The third-order valence-corrected chi connectivity index (χ3v) is 3.59. The molecule has 0 unspecified atom stereocenters. The van der Waals surface area contributed by atoms with Gasteiger partial charge >= 0.3 is 6.03 Å². The molecular weight excluding hydrogens is 344 g/mol. The lowest BCUT2D eigenvalue weighted by molar-refractivity contribution is 0.236. The Morgan fingerprint density at radius 2 is 1.84 bits per heavy atom. The number of methoxy groups -OCH3 is 2. The van der Waals surface area contributed by atoms with Crippen molar-refractivity contribution in [3.8, 4) is 17.2 Å². The maximum absolute atomic E-state index is 11.8. The summed E-state index contributed by atoms with van der Waals surface area (Å²) in [5.74, 6) is 1.94. The van der Waals surface area contributed by atoms with Gasteiger partial charge in [0.05, 0.1) is 20.8 Å². The number of hydrogen-bond acceptors (Lipinski definition) is 4. The molecule has 0 saturated carbocycles. The fraction of sp³-hybridized carbons (Fsp3) is 0.278. The minimum Gasteiger partial charge on any atom is -0.493 e. The van der Waals surface area contributed by atoms with Crippen LogP contribution >= 0.6 is 11.6 Å². The van der Waals surface area contributed by atoms with Gasteiger partial charge in [-0.3, -0.25) is 0 Å². The number of carbonyl (C=O) groups excluding carboxylic acids is 1. The zero-order valence-corrected chi connectivity index (χ0v) is 14.9. The van der Waals surface area contributed by atoms with Gasteiger partial charge in [0.15, 0.2) is 11.5 Å². The second-order valence-electron chi connectivity index (χ2n) is 5.10. The van der Waals surface area contributed by atoms with Gasteiger partial charge in [-0.25, -0.2) is 4.79 Å². The van der Waals surface area contributed by atoms with E-state index >= 15 is 0 Å². The number of carbonyl (C=O) groups is 1. The summed E-state index contributed by atoms with van der Waals surface area (Å²) in [5.41, 5.74) is 0.906. The summed E-state index contributed by atoms with van der Waals surface area (Å²) in [4.78, 5) is 11.8. The molecule has 2 N–H and O–H groups in total. The summed E-state index contributed by atoms with van der Waals surface area (Å²) in [6.07, 6.45) is 0. The zero-order valence-electron chi connectivity index (χ0n) is 14.2. The molecule has 0 aliphatic heterocycles. The van der Waals surface area contributed by atoms with Crippen LogP contribution in [0.1, 0.15) is 5.56 Å². The smallest absolute Gasteiger partial charge is 0.315 e. The van der Waals surface area contributed by atoms with Gasteiger partial charge < -0.3 is 24.8 Å². The monoisotopic (exact) mass is 364 g/mol. The molecule has 2 aromatic carbocycles. The average Bonchev–Trinajstić information content (AvgIpc) is 2.63. The van der Waals surface area contributed by atoms with Crippen LogP contribution in [0.15, 0.2) is 42.5 Å². The van der Waals surface area contributed by atoms with Gasteiger partial charge in [0.2, 0.25) is 0 Å². The number of halogens is 1. The number of ether oxygens (including phenoxy) is 3. The first kappa shape index (κ1) is 18.7. The van der Waals surface area contributed by atoms with Crippen molar-refractivity contribution in [3.63, 3.8) is 0 Å². The van der Waals surface area contributed by atoms with Crippen LogP contribution in [0.25, 0.3) is 0 Å². The third kappa shape index (κ3) is 6.08. The maximum Gasteiger partial charge on any atom is 0.315 e. The second-order valence-corrected chi connectivity index (χ2v) is 5.54. The lowest BCUT2D eigenvalue weighted by Crippen LogP contribution is -2.37. The first-order valence-corrected chi connectivity index (χ1v) is 8.11. The fourth-order valence-electron chi connectivity index (χ4n) is 2.13. The van der Waals surface area contributed by atoms with Gasteiger partial charge in [0, 0.05) is 11.6 Å². The predicted molar refractivity (Wildman–Crippen MR) is 96.7 cm³/mol. The Kier molecular flexibility index (Phi) is 7.22. The summed E-state index contributed by atoms with van der Waals surface area (Å²) in [5, 5.41) is 6.11. The molecule has 0 spiro atoms. The third-order valence-electron chi connectivity index (χ3n) is 3.35. The van der Waals surface area contributed by atoms with Gasteiger partial charge in [-0.15, -0.1) is 0 Å². The van der Waals surface area contributed by atoms with E-state index in [1.54, 1.807) is 38.5 Å². The van der Waals surface area contributed by atoms with E-state index in [1.165, 1.54) is 0 Å². The minimum atomic E-state index is -0.274.